The fourth-order valence-electron chi connectivity index (χ4n) is 2.62. The molecule has 1 aliphatic heterocycles. The molecule has 4 nitrogen and oxygen atoms in total. The number of benzene rings is 2. The lowest BCUT2D eigenvalue weighted by Crippen LogP contribution is -2.38. The monoisotopic (exact) mass is 295 g/mol. The van der Waals surface area contributed by atoms with Gasteiger partial charge in [-0.3, -0.25) is 0 Å². The minimum Gasteiger partial charge on any atom is -0.467 e. The van der Waals surface area contributed by atoms with Gasteiger partial charge in [-0.25, -0.2) is 9.79 Å². The van der Waals surface area contributed by atoms with Gasteiger partial charge < -0.3 is 9.47 Å². The van der Waals surface area contributed by atoms with E-state index in [9.17, 15) is 4.79 Å². The lowest BCUT2D eigenvalue weighted by atomic mass is 9.90. The first-order chi connectivity index (χ1) is 10.6. The van der Waals surface area contributed by atoms with E-state index < -0.39 is 17.6 Å². The number of carbonyl (C=O) groups excluding carboxylic acids is 1. The second kappa shape index (κ2) is 5.64. The number of nitrogens with zero attached hydrogens (tertiary/aromatic N) is 1. The molecule has 4 heteroatoms. The van der Waals surface area contributed by atoms with Crippen molar-refractivity contribution in [3.8, 4) is 0 Å². The zero-order chi connectivity index (χ0) is 15.6. The molecule has 0 N–H and O–H groups in total. The van der Waals surface area contributed by atoms with E-state index in [1.165, 1.54) is 7.11 Å². The molecule has 1 aliphatic rings. The quantitative estimate of drug-likeness (QED) is 0.817. The number of carbonyl (C=O) groups is 1. The highest BCUT2D eigenvalue weighted by Crippen LogP contribution is 2.40. The van der Waals surface area contributed by atoms with Crippen molar-refractivity contribution in [2.75, 3.05) is 7.11 Å². The minimum atomic E-state index is -1.10. The van der Waals surface area contributed by atoms with Crippen LogP contribution in [0, 0.1) is 0 Å². The van der Waals surface area contributed by atoms with Crippen LogP contribution < -0.4 is 0 Å². The van der Waals surface area contributed by atoms with Crippen LogP contribution >= 0.6 is 0 Å². The van der Waals surface area contributed by atoms with Crippen LogP contribution in [0.15, 0.2) is 65.7 Å². The Morgan fingerprint density at radius 3 is 2.27 bits per heavy atom. The van der Waals surface area contributed by atoms with E-state index in [1.807, 2.05) is 60.7 Å². The standard InChI is InChI=1S/C18H17NO3/c1-18(17(20)21-2)15(13-9-5-3-6-10-13)22-16(19-18)14-11-7-4-8-12-14/h3-12,15H,1-2H3/t15-,18+/m0/s1. The van der Waals surface area contributed by atoms with E-state index in [-0.39, 0.29) is 0 Å². The average molecular weight is 295 g/mol. The van der Waals surface area contributed by atoms with Gasteiger partial charge in [0.1, 0.15) is 0 Å². The summed E-state index contributed by atoms with van der Waals surface area (Å²) in [6, 6.07) is 19.2. The molecule has 0 spiro atoms. The minimum absolute atomic E-state index is 0.410. The molecule has 0 radical (unpaired) electrons. The summed E-state index contributed by atoms with van der Waals surface area (Å²) < 4.78 is 11.0. The largest absolute Gasteiger partial charge is 0.467 e. The molecule has 22 heavy (non-hydrogen) atoms. The molecule has 0 bridgehead atoms. The number of aliphatic imine (C=N–C) groups is 1. The maximum atomic E-state index is 12.3. The van der Waals surface area contributed by atoms with Crippen molar-refractivity contribution in [3.05, 3.63) is 71.8 Å². The van der Waals surface area contributed by atoms with Crippen LogP contribution in [-0.2, 0) is 14.3 Å². The number of esters is 1. The molecule has 0 aromatic heterocycles. The Hall–Kier alpha value is -2.62. The van der Waals surface area contributed by atoms with Gasteiger partial charge in [0.15, 0.2) is 11.6 Å². The summed E-state index contributed by atoms with van der Waals surface area (Å²) in [6.45, 7) is 1.74. The Kier molecular flexibility index (Phi) is 3.67. The molecular formula is C18H17NO3. The van der Waals surface area contributed by atoms with Gasteiger partial charge in [-0.15, -0.1) is 0 Å². The Morgan fingerprint density at radius 2 is 1.68 bits per heavy atom. The average Bonchev–Trinajstić information content (AvgIpc) is 2.95. The Labute approximate surface area is 129 Å². The molecule has 2 aromatic rings. The van der Waals surface area contributed by atoms with E-state index in [4.69, 9.17) is 9.47 Å². The summed E-state index contributed by atoms with van der Waals surface area (Å²) in [5.41, 5.74) is 0.641. The van der Waals surface area contributed by atoms with Crippen LogP contribution in [0.5, 0.6) is 0 Å². The molecule has 112 valence electrons. The third kappa shape index (κ3) is 2.37. The van der Waals surface area contributed by atoms with Crippen molar-refractivity contribution in [3.63, 3.8) is 0 Å². The zero-order valence-corrected chi connectivity index (χ0v) is 12.5. The number of hydrogen-bond acceptors (Lipinski definition) is 4. The number of hydrogen-bond donors (Lipinski definition) is 0. The Bertz CT molecular complexity index is 697. The zero-order valence-electron chi connectivity index (χ0n) is 12.5. The molecule has 0 amide bonds. The lowest BCUT2D eigenvalue weighted by Gasteiger charge is -2.25. The van der Waals surface area contributed by atoms with Crippen molar-refractivity contribution < 1.29 is 14.3 Å². The van der Waals surface area contributed by atoms with Gasteiger partial charge in [-0.05, 0) is 24.6 Å². The maximum Gasteiger partial charge on any atom is 0.337 e. The lowest BCUT2D eigenvalue weighted by molar-refractivity contribution is -0.149. The van der Waals surface area contributed by atoms with Crippen LogP contribution in [-0.4, -0.2) is 24.5 Å². The van der Waals surface area contributed by atoms with Gasteiger partial charge >= 0.3 is 5.97 Å². The summed E-state index contributed by atoms with van der Waals surface area (Å²) in [5, 5.41) is 0. The molecule has 0 unspecified atom stereocenters. The third-order valence-corrected chi connectivity index (χ3v) is 3.80. The molecule has 0 aliphatic carbocycles. The number of ether oxygens (including phenoxy) is 2. The van der Waals surface area contributed by atoms with E-state index in [1.54, 1.807) is 6.92 Å². The van der Waals surface area contributed by atoms with Crippen LogP contribution in [0.3, 0.4) is 0 Å². The van der Waals surface area contributed by atoms with Crippen molar-refractivity contribution >= 4 is 11.9 Å². The van der Waals surface area contributed by atoms with Gasteiger partial charge in [0.05, 0.1) is 7.11 Å². The highest BCUT2D eigenvalue weighted by atomic mass is 16.5. The molecule has 0 fully saturated rings. The summed E-state index contributed by atoms with van der Waals surface area (Å²) in [7, 11) is 1.37. The fraction of sp³-hybridized carbons (Fsp3) is 0.222. The SMILES string of the molecule is COC(=O)[C@]1(C)N=C(c2ccccc2)O[C@H]1c1ccccc1. The van der Waals surface area contributed by atoms with Gasteiger partial charge in [-0.1, -0.05) is 48.5 Å². The van der Waals surface area contributed by atoms with Gasteiger partial charge in [0.2, 0.25) is 5.90 Å². The Morgan fingerprint density at radius 1 is 1.09 bits per heavy atom. The van der Waals surface area contributed by atoms with Crippen molar-refractivity contribution in [2.24, 2.45) is 4.99 Å². The van der Waals surface area contributed by atoms with Gasteiger partial charge in [0, 0.05) is 5.56 Å². The Balaban J connectivity index is 2.04. The molecular weight excluding hydrogens is 278 g/mol. The molecule has 1 heterocycles. The van der Waals surface area contributed by atoms with Crippen LogP contribution in [0.4, 0.5) is 0 Å². The normalized spacial score (nSPS) is 23.5. The highest BCUT2D eigenvalue weighted by molar-refractivity contribution is 5.99. The van der Waals surface area contributed by atoms with Gasteiger partial charge in [0.25, 0.3) is 0 Å². The smallest absolute Gasteiger partial charge is 0.337 e. The second-order valence-electron chi connectivity index (χ2n) is 5.33. The third-order valence-electron chi connectivity index (χ3n) is 3.80. The van der Waals surface area contributed by atoms with Crippen molar-refractivity contribution in [1.29, 1.82) is 0 Å². The summed E-state index contributed by atoms with van der Waals surface area (Å²) in [6.07, 6.45) is -0.503. The first-order valence-electron chi connectivity index (χ1n) is 7.10. The molecule has 0 saturated heterocycles. The molecule has 3 rings (SSSR count). The molecule has 0 saturated carbocycles. The van der Waals surface area contributed by atoms with Gasteiger partial charge in [-0.2, -0.15) is 0 Å². The second-order valence-corrected chi connectivity index (χ2v) is 5.33. The predicted molar refractivity (Wildman–Crippen MR) is 83.7 cm³/mol. The fourth-order valence-corrected chi connectivity index (χ4v) is 2.62. The molecule has 2 atom stereocenters. The number of methoxy groups -OCH3 is 1. The molecule has 2 aromatic carbocycles. The first kappa shape index (κ1) is 14.3. The van der Waals surface area contributed by atoms with Crippen LogP contribution in [0.2, 0.25) is 0 Å². The highest BCUT2D eigenvalue weighted by Gasteiger charge is 2.50. The van der Waals surface area contributed by atoms with E-state index in [0.29, 0.717) is 5.90 Å². The summed E-state index contributed by atoms with van der Waals surface area (Å²) >= 11 is 0. The summed E-state index contributed by atoms with van der Waals surface area (Å²) in [4.78, 5) is 16.8. The topological polar surface area (TPSA) is 47.9 Å². The van der Waals surface area contributed by atoms with Crippen LogP contribution in [0.25, 0.3) is 0 Å². The van der Waals surface area contributed by atoms with Crippen molar-refractivity contribution in [2.45, 2.75) is 18.6 Å². The first-order valence-corrected chi connectivity index (χ1v) is 7.10. The predicted octanol–water partition coefficient (Wildman–Crippen LogP) is 3.14. The van der Waals surface area contributed by atoms with E-state index in [2.05, 4.69) is 4.99 Å². The van der Waals surface area contributed by atoms with E-state index in [0.717, 1.165) is 11.1 Å². The summed E-state index contributed by atoms with van der Waals surface area (Å²) in [5.74, 6) is 0.0506. The maximum absolute atomic E-state index is 12.3. The van der Waals surface area contributed by atoms with Crippen molar-refractivity contribution in [1.82, 2.24) is 0 Å². The number of rotatable bonds is 3. The van der Waals surface area contributed by atoms with Crippen LogP contribution in [0.1, 0.15) is 24.2 Å². The van der Waals surface area contributed by atoms with E-state index >= 15 is 0 Å².